The molecule has 0 unspecified atom stereocenters. The van der Waals surface area contributed by atoms with Gasteiger partial charge in [-0.25, -0.2) is 0 Å². The summed E-state index contributed by atoms with van der Waals surface area (Å²) in [6, 6.07) is 7.45. The molecule has 0 atom stereocenters. The third-order valence-electron chi connectivity index (χ3n) is 2.92. The van der Waals surface area contributed by atoms with E-state index >= 15 is 0 Å². The minimum absolute atomic E-state index is 0.0593. The molecule has 0 spiro atoms. The molecule has 1 heterocycles. The van der Waals surface area contributed by atoms with E-state index in [2.05, 4.69) is 10.3 Å². The molecule has 0 radical (unpaired) electrons. The number of rotatable bonds is 4. The molecule has 19 heavy (non-hydrogen) atoms. The van der Waals surface area contributed by atoms with Crippen LogP contribution in [0.2, 0.25) is 0 Å². The largest absolute Gasteiger partial charge is 0.361 e. The maximum absolute atomic E-state index is 12.3. The molecule has 0 bridgehead atoms. The van der Waals surface area contributed by atoms with E-state index < -0.39 is 0 Å². The number of hydrogen-bond donors (Lipinski definition) is 2. The zero-order valence-corrected chi connectivity index (χ0v) is 11.1. The van der Waals surface area contributed by atoms with E-state index in [1.54, 1.807) is 19.3 Å². The van der Waals surface area contributed by atoms with Crippen LogP contribution in [0, 0.1) is 0 Å². The standard InChI is InChI=1S/C14H17N3O2/c1-3-15-12(18)9-17(2)14(19)11-6-4-5-10-7-8-16-13(10)11/h4-8,16H,3,9H2,1-2H3,(H,15,18). The number of para-hydroxylation sites is 1. The SMILES string of the molecule is CCNC(=O)CN(C)C(=O)c1cccc2cc[nH]c12. The number of hydrogen-bond acceptors (Lipinski definition) is 2. The van der Waals surface area contributed by atoms with Gasteiger partial charge in [-0.15, -0.1) is 0 Å². The van der Waals surface area contributed by atoms with Crippen LogP contribution >= 0.6 is 0 Å². The van der Waals surface area contributed by atoms with Gasteiger partial charge in [-0.2, -0.15) is 0 Å². The van der Waals surface area contributed by atoms with Crippen molar-refractivity contribution in [1.82, 2.24) is 15.2 Å². The number of nitrogens with one attached hydrogen (secondary N) is 2. The van der Waals surface area contributed by atoms with Crippen molar-refractivity contribution in [3.63, 3.8) is 0 Å². The Balaban J connectivity index is 2.19. The first-order valence-electron chi connectivity index (χ1n) is 6.21. The number of likely N-dealkylation sites (N-methyl/N-ethyl adjacent to an activating group) is 2. The lowest BCUT2D eigenvalue weighted by atomic mass is 10.1. The first-order chi connectivity index (χ1) is 9.13. The van der Waals surface area contributed by atoms with Crippen molar-refractivity contribution in [3.8, 4) is 0 Å². The van der Waals surface area contributed by atoms with Gasteiger partial charge < -0.3 is 15.2 Å². The fourth-order valence-corrected chi connectivity index (χ4v) is 2.01. The fourth-order valence-electron chi connectivity index (χ4n) is 2.01. The van der Waals surface area contributed by atoms with E-state index in [1.165, 1.54) is 4.90 Å². The summed E-state index contributed by atoms with van der Waals surface area (Å²) >= 11 is 0. The molecule has 2 N–H and O–H groups in total. The minimum atomic E-state index is -0.167. The van der Waals surface area contributed by atoms with E-state index in [9.17, 15) is 9.59 Å². The Bertz CT molecular complexity index is 604. The summed E-state index contributed by atoms with van der Waals surface area (Å²) in [6.07, 6.45) is 1.80. The third kappa shape index (κ3) is 2.76. The molecule has 1 aromatic carbocycles. The van der Waals surface area contributed by atoms with Crippen LogP contribution in [-0.2, 0) is 4.79 Å². The molecule has 2 rings (SSSR count). The predicted octanol–water partition coefficient (Wildman–Crippen LogP) is 1.38. The van der Waals surface area contributed by atoms with Crippen molar-refractivity contribution in [2.45, 2.75) is 6.92 Å². The van der Waals surface area contributed by atoms with Crippen molar-refractivity contribution in [2.75, 3.05) is 20.1 Å². The Morgan fingerprint density at radius 2 is 2.11 bits per heavy atom. The second-order valence-corrected chi connectivity index (χ2v) is 4.36. The summed E-state index contributed by atoms with van der Waals surface area (Å²) < 4.78 is 0. The average molecular weight is 259 g/mol. The van der Waals surface area contributed by atoms with Crippen molar-refractivity contribution in [1.29, 1.82) is 0 Å². The Morgan fingerprint density at radius 3 is 2.84 bits per heavy atom. The van der Waals surface area contributed by atoms with E-state index in [-0.39, 0.29) is 18.4 Å². The first kappa shape index (κ1) is 13.1. The van der Waals surface area contributed by atoms with Gasteiger partial charge in [-0.1, -0.05) is 12.1 Å². The Morgan fingerprint density at radius 1 is 1.32 bits per heavy atom. The number of carbonyl (C=O) groups is 2. The number of benzene rings is 1. The van der Waals surface area contributed by atoms with Gasteiger partial charge in [0.2, 0.25) is 5.91 Å². The summed E-state index contributed by atoms with van der Waals surface area (Å²) in [7, 11) is 1.62. The maximum atomic E-state index is 12.3. The van der Waals surface area contributed by atoms with Crippen LogP contribution in [0.1, 0.15) is 17.3 Å². The molecule has 0 aliphatic carbocycles. The van der Waals surface area contributed by atoms with Crippen molar-refractivity contribution in [2.24, 2.45) is 0 Å². The molecule has 0 aliphatic rings. The zero-order valence-electron chi connectivity index (χ0n) is 11.1. The number of nitrogens with zero attached hydrogens (tertiary/aromatic N) is 1. The van der Waals surface area contributed by atoms with Crippen LogP contribution in [0.4, 0.5) is 0 Å². The van der Waals surface area contributed by atoms with Crippen LogP contribution in [0.3, 0.4) is 0 Å². The number of aromatic nitrogens is 1. The molecule has 2 aromatic rings. The summed E-state index contributed by atoms with van der Waals surface area (Å²) in [6.45, 7) is 2.47. The monoisotopic (exact) mass is 259 g/mol. The zero-order chi connectivity index (χ0) is 13.8. The van der Waals surface area contributed by atoms with Gasteiger partial charge in [-0.05, 0) is 19.1 Å². The highest BCUT2D eigenvalue weighted by atomic mass is 16.2. The lowest BCUT2D eigenvalue weighted by Gasteiger charge is -2.17. The van der Waals surface area contributed by atoms with E-state index in [0.717, 1.165) is 10.9 Å². The van der Waals surface area contributed by atoms with Gasteiger partial charge >= 0.3 is 0 Å². The highest BCUT2D eigenvalue weighted by molar-refractivity contribution is 6.06. The van der Waals surface area contributed by atoms with E-state index in [0.29, 0.717) is 12.1 Å². The maximum Gasteiger partial charge on any atom is 0.256 e. The van der Waals surface area contributed by atoms with Crippen molar-refractivity contribution < 1.29 is 9.59 Å². The van der Waals surface area contributed by atoms with Crippen molar-refractivity contribution in [3.05, 3.63) is 36.0 Å². The lowest BCUT2D eigenvalue weighted by Crippen LogP contribution is -2.38. The Labute approximate surface area is 111 Å². The smallest absolute Gasteiger partial charge is 0.256 e. The molecule has 2 amide bonds. The summed E-state index contributed by atoms with van der Waals surface area (Å²) in [5, 5.41) is 3.66. The summed E-state index contributed by atoms with van der Waals surface area (Å²) in [4.78, 5) is 28.3. The molecule has 100 valence electrons. The third-order valence-corrected chi connectivity index (χ3v) is 2.92. The number of amides is 2. The van der Waals surface area contributed by atoms with Crippen LogP contribution < -0.4 is 5.32 Å². The molecule has 0 saturated carbocycles. The first-order valence-corrected chi connectivity index (χ1v) is 6.21. The van der Waals surface area contributed by atoms with Gasteiger partial charge in [-0.3, -0.25) is 9.59 Å². The lowest BCUT2D eigenvalue weighted by molar-refractivity contribution is -0.121. The van der Waals surface area contributed by atoms with Crippen LogP contribution in [0.15, 0.2) is 30.5 Å². The van der Waals surface area contributed by atoms with Gasteiger partial charge in [0.1, 0.15) is 0 Å². The second-order valence-electron chi connectivity index (χ2n) is 4.36. The minimum Gasteiger partial charge on any atom is -0.361 e. The van der Waals surface area contributed by atoms with Crippen LogP contribution in [0.25, 0.3) is 10.9 Å². The van der Waals surface area contributed by atoms with Gasteiger partial charge in [0.05, 0.1) is 17.6 Å². The summed E-state index contributed by atoms with van der Waals surface area (Å²) in [5.74, 6) is -0.323. The molecule has 0 saturated heterocycles. The number of carbonyl (C=O) groups excluding carboxylic acids is 2. The molecule has 5 nitrogen and oxygen atoms in total. The molecule has 0 aliphatic heterocycles. The molecule has 5 heteroatoms. The number of H-pyrrole nitrogens is 1. The molecule has 1 aromatic heterocycles. The number of fused-ring (bicyclic) bond motifs is 1. The normalized spacial score (nSPS) is 10.4. The van der Waals surface area contributed by atoms with Gasteiger partial charge in [0.25, 0.3) is 5.91 Å². The average Bonchev–Trinajstić information content (AvgIpc) is 2.86. The number of aromatic amines is 1. The topological polar surface area (TPSA) is 65.2 Å². The summed E-state index contributed by atoms with van der Waals surface area (Å²) in [5.41, 5.74) is 1.38. The van der Waals surface area contributed by atoms with Crippen LogP contribution in [0.5, 0.6) is 0 Å². The van der Waals surface area contributed by atoms with Gasteiger partial charge in [0, 0.05) is 25.2 Å². The second kappa shape index (κ2) is 5.56. The quantitative estimate of drug-likeness (QED) is 0.871. The van der Waals surface area contributed by atoms with Crippen molar-refractivity contribution >= 4 is 22.7 Å². The predicted molar refractivity (Wildman–Crippen MR) is 73.9 cm³/mol. The Kier molecular flexibility index (Phi) is 3.85. The molecular formula is C14H17N3O2. The van der Waals surface area contributed by atoms with Crippen LogP contribution in [-0.4, -0.2) is 41.8 Å². The van der Waals surface area contributed by atoms with E-state index in [4.69, 9.17) is 0 Å². The fraction of sp³-hybridized carbons (Fsp3) is 0.286. The molecule has 0 fully saturated rings. The van der Waals surface area contributed by atoms with Gasteiger partial charge in [0.15, 0.2) is 0 Å². The highest BCUT2D eigenvalue weighted by Crippen LogP contribution is 2.18. The molecular weight excluding hydrogens is 242 g/mol. The highest BCUT2D eigenvalue weighted by Gasteiger charge is 2.17. The Hall–Kier alpha value is -2.30. The van der Waals surface area contributed by atoms with E-state index in [1.807, 2.05) is 25.1 Å².